The Morgan fingerprint density at radius 3 is 2.68 bits per heavy atom. The zero-order chi connectivity index (χ0) is 14.0. The molecule has 1 saturated carbocycles. The maximum absolute atomic E-state index is 11.9. The zero-order valence-corrected chi connectivity index (χ0v) is 11.2. The van der Waals surface area contributed by atoms with Crippen molar-refractivity contribution in [2.45, 2.75) is 12.8 Å². The number of carboxylic acids is 1. The molecule has 2 N–H and O–H groups in total. The summed E-state index contributed by atoms with van der Waals surface area (Å²) in [6.07, 6.45) is 1.82. The molecular formula is C12H15NO5S. The molecule has 0 aliphatic heterocycles. The maximum Gasteiger partial charge on any atom is 0.337 e. The van der Waals surface area contributed by atoms with Gasteiger partial charge in [0.15, 0.2) is 0 Å². The van der Waals surface area contributed by atoms with Crippen LogP contribution in [0.1, 0.15) is 23.2 Å². The van der Waals surface area contributed by atoms with Crippen molar-refractivity contribution in [3.8, 4) is 5.75 Å². The minimum Gasteiger partial charge on any atom is -0.497 e. The first kappa shape index (κ1) is 13.7. The number of aromatic carboxylic acids is 1. The Labute approximate surface area is 111 Å². The number of carbonyl (C=O) groups is 1. The molecule has 19 heavy (non-hydrogen) atoms. The lowest BCUT2D eigenvalue weighted by Crippen LogP contribution is -2.19. The number of anilines is 1. The van der Waals surface area contributed by atoms with E-state index in [0.29, 0.717) is 5.75 Å². The molecule has 0 aromatic heterocycles. The molecule has 0 bridgehead atoms. The SMILES string of the molecule is COc1ccc(C(=O)O)c(NS(=O)(=O)CC2CC2)c1. The minimum absolute atomic E-state index is 0.0310. The molecule has 0 radical (unpaired) electrons. The number of hydrogen-bond donors (Lipinski definition) is 2. The van der Waals surface area contributed by atoms with Crippen LogP contribution < -0.4 is 9.46 Å². The van der Waals surface area contributed by atoms with E-state index in [1.807, 2.05) is 0 Å². The highest BCUT2D eigenvalue weighted by Crippen LogP contribution is 2.31. The molecule has 1 aliphatic rings. The zero-order valence-electron chi connectivity index (χ0n) is 10.4. The fraction of sp³-hybridized carbons (Fsp3) is 0.417. The van der Waals surface area contributed by atoms with E-state index in [-0.39, 0.29) is 22.9 Å². The summed E-state index contributed by atoms with van der Waals surface area (Å²) in [6, 6.07) is 4.16. The summed E-state index contributed by atoms with van der Waals surface area (Å²) < 4.78 is 31.1. The van der Waals surface area contributed by atoms with Gasteiger partial charge in [-0.05, 0) is 30.9 Å². The van der Waals surface area contributed by atoms with Crippen molar-refractivity contribution in [1.29, 1.82) is 0 Å². The molecule has 1 aromatic rings. The third kappa shape index (κ3) is 3.60. The predicted molar refractivity (Wildman–Crippen MR) is 70.1 cm³/mol. The Morgan fingerprint density at radius 1 is 1.47 bits per heavy atom. The number of benzene rings is 1. The number of sulfonamides is 1. The molecule has 1 fully saturated rings. The van der Waals surface area contributed by atoms with Crippen molar-refractivity contribution < 1.29 is 23.1 Å². The molecule has 7 heteroatoms. The molecule has 0 amide bonds. The molecule has 0 saturated heterocycles. The van der Waals surface area contributed by atoms with Crippen molar-refractivity contribution in [3.05, 3.63) is 23.8 Å². The van der Waals surface area contributed by atoms with Crippen LogP contribution in [0.3, 0.4) is 0 Å². The standard InChI is InChI=1S/C12H15NO5S/c1-18-9-4-5-10(12(14)15)11(6-9)13-19(16,17)7-8-2-3-8/h4-6,8,13H,2-3,7H2,1H3,(H,14,15). The quantitative estimate of drug-likeness (QED) is 0.827. The largest absolute Gasteiger partial charge is 0.497 e. The minimum atomic E-state index is -3.52. The van der Waals surface area contributed by atoms with Crippen LogP contribution in [0, 0.1) is 5.92 Å². The van der Waals surface area contributed by atoms with Gasteiger partial charge in [0, 0.05) is 6.07 Å². The second-order valence-electron chi connectivity index (χ2n) is 4.54. The molecule has 2 rings (SSSR count). The number of nitrogens with one attached hydrogen (secondary N) is 1. The van der Waals surface area contributed by atoms with Gasteiger partial charge in [0.05, 0.1) is 24.1 Å². The van der Waals surface area contributed by atoms with Crippen LogP contribution >= 0.6 is 0 Å². The highest BCUT2D eigenvalue weighted by atomic mass is 32.2. The molecule has 0 unspecified atom stereocenters. The van der Waals surface area contributed by atoms with Gasteiger partial charge in [0.1, 0.15) is 5.75 Å². The molecule has 0 atom stereocenters. The molecule has 6 nitrogen and oxygen atoms in total. The van der Waals surface area contributed by atoms with Crippen molar-refractivity contribution in [3.63, 3.8) is 0 Å². The first-order valence-electron chi connectivity index (χ1n) is 5.83. The van der Waals surface area contributed by atoms with Gasteiger partial charge in [-0.2, -0.15) is 0 Å². The Morgan fingerprint density at radius 2 is 2.16 bits per heavy atom. The molecular weight excluding hydrogens is 270 g/mol. The third-order valence-electron chi connectivity index (χ3n) is 2.87. The molecule has 0 heterocycles. The Hall–Kier alpha value is -1.76. The summed E-state index contributed by atoms with van der Waals surface area (Å²) in [5.74, 6) is -0.569. The summed E-state index contributed by atoms with van der Waals surface area (Å²) >= 11 is 0. The summed E-state index contributed by atoms with van der Waals surface area (Å²) in [4.78, 5) is 11.1. The monoisotopic (exact) mass is 285 g/mol. The summed E-state index contributed by atoms with van der Waals surface area (Å²) in [5, 5.41) is 9.04. The smallest absolute Gasteiger partial charge is 0.337 e. The first-order chi connectivity index (χ1) is 8.91. The van der Waals surface area contributed by atoms with E-state index in [1.165, 1.54) is 25.3 Å². The van der Waals surface area contributed by atoms with Crippen LogP contribution in [0.15, 0.2) is 18.2 Å². The van der Waals surface area contributed by atoms with E-state index in [2.05, 4.69) is 4.72 Å². The lowest BCUT2D eigenvalue weighted by molar-refractivity contribution is 0.0698. The van der Waals surface area contributed by atoms with E-state index in [9.17, 15) is 13.2 Å². The highest BCUT2D eigenvalue weighted by molar-refractivity contribution is 7.92. The van der Waals surface area contributed by atoms with E-state index in [0.717, 1.165) is 12.8 Å². The van der Waals surface area contributed by atoms with Crippen LogP contribution in [0.4, 0.5) is 5.69 Å². The van der Waals surface area contributed by atoms with Gasteiger partial charge in [-0.15, -0.1) is 0 Å². The lowest BCUT2D eigenvalue weighted by Gasteiger charge is -2.11. The van der Waals surface area contributed by atoms with Gasteiger partial charge >= 0.3 is 5.97 Å². The highest BCUT2D eigenvalue weighted by Gasteiger charge is 2.28. The van der Waals surface area contributed by atoms with Crippen LogP contribution in [-0.4, -0.2) is 32.4 Å². The summed E-state index contributed by atoms with van der Waals surface area (Å²) in [6.45, 7) is 0. The number of hydrogen-bond acceptors (Lipinski definition) is 4. The molecule has 104 valence electrons. The van der Waals surface area contributed by atoms with E-state index in [4.69, 9.17) is 9.84 Å². The predicted octanol–water partition coefficient (Wildman–Crippen LogP) is 1.55. The van der Waals surface area contributed by atoms with Crippen LogP contribution in [0.5, 0.6) is 5.75 Å². The normalized spacial score (nSPS) is 15.0. The van der Waals surface area contributed by atoms with Gasteiger partial charge in [-0.1, -0.05) is 0 Å². The lowest BCUT2D eigenvalue weighted by atomic mass is 10.2. The van der Waals surface area contributed by atoms with Crippen LogP contribution in [0.2, 0.25) is 0 Å². The first-order valence-corrected chi connectivity index (χ1v) is 7.48. The third-order valence-corrected chi connectivity index (χ3v) is 4.32. The van der Waals surface area contributed by atoms with Gasteiger partial charge in [-0.25, -0.2) is 13.2 Å². The maximum atomic E-state index is 11.9. The average Bonchev–Trinajstić information content (AvgIpc) is 3.10. The number of ether oxygens (including phenoxy) is 1. The number of rotatable bonds is 6. The van der Waals surface area contributed by atoms with Gasteiger partial charge < -0.3 is 9.84 Å². The van der Waals surface area contributed by atoms with Gasteiger partial charge in [0.2, 0.25) is 10.0 Å². The Kier molecular flexibility index (Phi) is 3.66. The molecule has 1 aliphatic carbocycles. The van der Waals surface area contributed by atoms with Crippen molar-refractivity contribution in [2.24, 2.45) is 5.92 Å². The van der Waals surface area contributed by atoms with Crippen molar-refractivity contribution in [2.75, 3.05) is 17.6 Å². The van der Waals surface area contributed by atoms with E-state index in [1.54, 1.807) is 0 Å². The second-order valence-corrected chi connectivity index (χ2v) is 6.31. The Bertz CT molecular complexity index is 592. The van der Waals surface area contributed by atoms with E-state index < -0.39 is 16.0 Å². The second kappa shape index (κ2) is 5.08. The van der Waals surface area contributed by atoms with Crippen molar-refractivity contribution in [1.82, 2.24) is 0 Å². The van der Waals surface area contributed by atoms with Crippen LogP contribution in [0.25, 0.3) is 0 Å². The van der Waals surface area contributed by atoms with Gasteiger partial charge in [-0.3, -0.25) is 4.72 Å². The molecule has 1 aromatic carbocycles. The van der Waals surface area contributed by atoms with E-state index >= 15 is 0 Å². The number of carboxylic acid groups (broad SMARTS) is 1. The van der Waals surface area contributed by atoms with Crippen molar-refractivity contribution >= 4 is 21.7 Å². The van der Waals surface area contributed by atoms with Crippen LogP contribution in [-0.2, 0) is 10.0 Å². The summed E-state index contributed by atoms with van der Waals surface area (Å²) in [5.41, 5.74) is -0.0623. The fourth-order valence-corrected chi connectivity index (χ4v) is 3.27. The number of methoxy groups -OCH3 is 1. The van der Waals surface area contributed by atoms with Gasteiger partial charge in [0.25, 0.3) is 0 Å². The molecule has 0 spiro atoms. The Balaban J connectivity index is 2.28. The fourth-order valence-electron chi connectivity index (χ4n) is 1.73. The topological polar surface area (TPSA) is 92.7 Å². The average molecular weight is 285 g/mol. The summed E-state index contributed by atoms with van der Waals surface area (Å²) in [7, 11) is -2.09.